The van der Waals surface area contributed by atoms with Crippen LogP contribution in [-0.2, 0) is 9.59 Å². The summed E-state index contributed by atoms with van der Waals surface area (Å²) in [6.07, 6.45) is 0.717. The first-order chi connectivity index (χ1) is 12.1. The van der Waals surface area contributed by atoms with Gasteiger partial charge in [0.2, 0.25) is 0 Å². The number of alkyl halides is 2. The molecule has 0 saturated heterocycles. The first-order valence-electron chi connectivity index (χ1n) is 9.82. The van der Waals surface area contributed by atoms with Gasteiger partial charge < -0.3 is 5.11 Å². The van der Waals surface area contributed by atoms with Gasteiger partial charge in [-0.05, 0) is 62.0 Å². The van der Waals surface area contributed by atoms with E-state index in [9.17, 15) is 14.7 Å². The summed E-state index contributed by atoms with van der Waals surface area (Å²) < 4.78 is 31.8. The molecular weight excluding hydrogens is 338 g/mol. The van der Waals surface area contributed by atoms with Crippen LogP contribution in [-0.4, -0.2) is 34.6 Å². The lowest BCUT2D eigenvalue weighted by Gasteiger charge is -2.63. The van der Waals surface area contributed by atoms with Crippen molar-refractivity contribution in [3.8, 4) is 0 Å². The first-order valence-corrected chi connectivity index (χ1v) is 9.82. The van der Waals surface area contributed by atoms with Gasteiger partial charge in [-0.25, -0.2) is 8.78 Å². The van der Waals surface area contributed by atoms with E-state index >= 15 is 8.78 Å². The van der Waals surface area contributed by atoms with E-state index in [1.54, 1.807) is 13.8 Å². The van der Waals surface area contributed by atoms with E-state index in [2.05, 4.69) is 0 Å². The predicted molar refractivity (Wildman–Crippen MR) is 92.9 cm³/mol. The van der Waals surface area contributed by atoms with Gasteiger partial charge in [-0.1, -0.05) is 13.8 Å². The van der Waals surface area contributed by atoms with E-state index in [-0.39, 0.29) is 54.7 Å². The van der Waals surface area contributed by atoms with Gasteiger partial charge in [0, 0.05) is 23.7 Å². The molecule has 1 N–H and O–H groups in total. The van der Waals surface area contributed by atoms with Crippen molar-refractivity contribution >= 4 is 11.6 Å². The number of ketones is 2. The molecular formula is C21H28F2O3. The van der Waals surface area contributed by atoms with Crippen LogP contribution in [0, 0.1) is 28.6 Å². The highest BCUT2D eigenvalue weighted by molar-refractivity contribution is 5.92. The van der Waals surface area contributed by atoms with Crippen LogP contribution < -0.4 is 0 Å². The maximum Gasteiger partial charge on any atom is 0.155 e. The fourth-order valence-corrected chi connectivity index (χ4v) is 7.23. The lowest BCUT2D eigenvalue weighted by atomic mass is 9.44. The maximum absolute atomic E-state index is 16.7. The summed E-state index contributed by atoms with van der Waals surface area (Å²) in [5.74, 6) is -1.00. The Balaban J connectivity index is 1.83. The molecule has 3 fully saturated rings. The van der Waals surface area contributed by atoms with Crippen LogP contribution in [0.2, 0.25) is 0 Å². The molecule has 4 aliphatic carbocycles. The fraction of sp³-hybridized carbons (Fsp3) is 0.810. The molecule has 3 saturated carbocycles. The number of allylic oxidation sites excluding steroid dienone is 1. The van der Waals surface area contributed by atoms with E-state index in [1.165, 1.54) is 6.08 Å². The molecule has 0 aromatic carbocycles. The Morgan fingerprint density at radius 3 is 2.62 bits per heavy atom. The minimum atomic E-state index is -1.95. The van der Waals surface area contributed by atoms with Gasteiger partial charge >= 0.3 is 0 Å². The van der Waals surface area contributed by atoms with Crippen molar-refractivity contribution in [3.63, 3.8) is 0 Å². The number of rotatable bonds is 1. The quantitative estimate of drug-likeness (QED) is 0.769. The standard InChI is InChI=1S/C21H28F2O3/c1-11(24)13-4-5-14-15-9-17(22)16-8-12(25)6-7-20(16,3)21(15,23)18(26)10-19(13,14)2/h8,13-15,17-18,26H,4-7,9-10H2,1-3H3/t13-,14+,15+,17?,18+,19-,20+,21+/m1/s1. The smallest absolute Gasteiger partial charge is 0.155 e. The highest BCUT2D eigenvalue weighted by atomic mass is 19.1. The number of aliphatic hydroxyl groups excluding tert-OH is 1. The second-order valence-corrected chi connectivity index (χ2v) is 9.55. The fourth-order valence-electron chi connectivity index (χ4n) is 7.23. The normalized spacial score (nSPS) is 53.4. The van der Waals surface area contributed by atoms with Gasteiger partial charge in [0.1, 0.15) is 17.6 Å². The zero-order valence-corrected chi connectivity index (χ0v) is 15.7. The zero-order chi connectivity index (χ0) is 19.1. The summed E-state index contributed by atoms with van der Waals surface area (Å²) in [5, 5.41) is 11.0. The Bertz CT molecular complexity index is 703. The molecule has 0 bridgehead atoms. The van der Waals surface area contributed by atoms with Crippen molar-refractivity contribution in [1.29, 1.82) is 0 Å². The highest BCUT2D eigenvalue weighted by Crippen LogP contribution is 2.69. The number of hydrogen-bond acceptors (Lipinski definition) is 3. The van der Waals surface area contributed by atoms with E-state index < -0.39 is 34.7 Å². The summed E-state index contributed by atoms with van der Waals surface area (Å²) in [5.41, 5.74) is -3.35. The van der Waals surface area contributed by atoms with E-state index in [1.807, 2.05) is 6.92 Å². The van der Waals surface area contributed by atoms with Gasteiger partial charge in [-0.3, -0.25) is 9.59 Å². The lowest BCUT2D eigenvalue weighted by molar-refractivity contribution is -0.214. The van der Waals surface area contributed by atoms with Crippen molar-refractivity contribution in [2.75, 3.05) is 0 Å². The van der Waals surface area contributed by atoms with E-state index in [0.29, 0.717) is 12.8 Å². The Morgan fingerprint density at radius 1 is 1.27 bits per heavy atom. The van der Waals surface area contributed by atoms with Crippen LogP contribution >= 0.6 is 0 Å². The third kappa shape index (κ3) is 2.01. The Hall–Kier alpha value is -1.10. The molecule has 0 aliphatic heterocycles. The number of carbonyl (C=O) groups is 2. The van der Waals surface area contributed by atoms with Crippen molar-refractivity contribution < 1.29 is 23.5 Å². The van der Waals surface area contributed by atoms with Crippen LogP contribution in [0.25, 0.3) is 0 Å². The number of aliphatic hydroxyl groups is 1. The Kier molecular flexibility index (Phi) is 3.84. The molecule has 0 heterocycles. The largest absolute Gasteiger partial charge is 0.390 e. The average molecular weight is 366 g/mol. The highest BCUT2D eigenvalue weighted by Gasteiger charge is 2.72. The van der Waals surface area contributed by atoms with Gasteiger partial charge in [-0.15, -0.1) is 0 Å². The molecule has 0 aromatic heterocycles. The SMILES string of the molecule is CC(=O)[C@H]1CC[C@H]2[C@@H]3CC(F)C4=CC(=O)CC[C@]4(C)[C@@]3(F)[C@@H](O)C[C@]12C. The second kappa shape index (κ2) is 5.46. The predicted octanol–water partition coefficient (Wildman–Crippen LogP) is 3.73. The van der Waals surface area contributed by atoms with Gasteiger partial charge in [0.15, 0.2) is 5.78 Å². The van der Waals surface area contributed by atoms with Crippen LogP contribution in [0.3, 0.4) is 0 Å². The molecule has 1 unspecified atom stereocenters. The molecule has 144 valence electrons. The number of Topliss-reactive ketones (excluding diaryl/α,β-unsaturated/α-hetero) is 1. The Labute approximate surface area is 153 Å². The molecule has 3 nitrogen and oxygen atoms in total. The average Bonchev–Trinajstić information content (AvgIpc) is 2.89. The summed E-state index contributed by atoms with van der Waals surface area (Å²) in [6.45, 7) is 5.23. The van der Waals surface area contributed by atoms with Crippen LogP contribution in [0.15, 0.2) is 11.6 Å². The molecule has 4 aliphatic rings. The zero-order valence-electron chi connectivity index (χ0n) is 15.7. The van der Waals surface area contributed by atoms with Crippen molar-refractivity contribution in [3.05, 3.63) is 11.6 Å². The van der Waals surface area contributed by atoms with Gasteiger partial charge in [0.25, 0.3) is 0 Å². The van der Waals surface area contributed by atoms with E-state index in [0.717, 1.165) is 0 Å². The number of fused-ring (bicyclic) bond motifs is 5. The molecule has 0 amide bonds. The van der Waals surface area contributed by atoms with Crippen molar-refractivity contribution in [1.82, 2.24) is 0 Å². The number of halogens is 2. The molecule has 0 aromatic rings. The van der Waals surface area contributed by atoms with Crippen LogP contribution in [0.1, 0.15) is 59.3 Å². The Morgan fingerprint density at radius 2 is 1.96 bits per heavy atom. The first kappa shape index (κ1) is 18.3. The molecule has 0 spiro atoms. The molecule has 26 heavy (non-hydrogen) atoms. The summed E-state index contributed by atoms with van der Waals surface area (Å²) in [4.78, 5) is 24.0. The minimum absolute atomic E-state index is 0.00680. The van der Waals surface area contributed by atoms with E-state index in [4.69, 9.17) is 0 Å². The topological polar surface area (TPSA) is 54.4 Å². The van der Waals surface area contributed by atoms with Crippen molar-refractivity contribution in [2.45, 2.75) is 77.2 Å². The number of hydrogen-bond donors (Lipinski definition) is 1. The second-order valence-electron chi connectivity index (χ2n) is 9.55. The maximum atomic E-state index is 16.7. The minimum Gasteiger partial charge on any atom is -0.390 e. The molecule has 5 heteroatoms. The molecule has 4 rings (SSSR count). The van der Waals surface area contributed by atoms with Crippen LogP contribution in [0.4, 0.5) is 8.78 Å². The van der Waals surface area contributed by atoms with Gasteiger partial charge in [0.05, 0.1) is 6.10 Å². The summed E-state index contributed by atoms with van der Waals surface area (Å²) >= 11 is 0. The van der Waals surface area contributed by atoms with Crippen molar-refractivity contribution in [2.24, 2.45) is 28.6 Å². The molecule has 8 atom stereocenters. The third-order valence-corrected chi connectivity index (χ3v) is 8.51. The number of carbonyl (C=O) groups excluding carboxylic acids is 2. The van der Waals surface area contributed by atoms with Crippen LogP contribution in [0.5, 0.6) is 0 Å². The lowest BCUT2D eigenvalue weighted by Crippen LogP contribution is -2.68. The molecule has 0 radical (unpaired) electrons. The third-order valence-electron chi connectivity index (χ3n) is 8.51. The monoisotopic (exact) mass is 366 g/mol. The summed E-state index contributed by atoms with van der Waals surface area (Å²) in [7, 11) is 0. The summed E-state index contributed by atoms with van der Waals surface area (Å²) in [6, 6.07) is 0. The van der Waals surface area contributed by atoms with Gasteiger partial charge in [-0.2, -0.15) is 0 Å².